The van der Waals surface area contributed by atoms with E-state index >= 15 is 0 Å². The topological polar surface area (TPSA) is 51.8 Å². The van der Waals surface area contributed by atoms with E-state index in [0.29, 0.717) is 11.1 Å². The van der Waals surface area contributed by atoms with Gasteiger partial charge in [0, 0.05) is 11.1 Å². The minimum atomic E-state index is 0.521. The predicted octanol–water partition coefficient (Wildman–Crippen LogP) is 6.61. The number of hydrogen-bond acceptors (Lipinski definition) is 6. The minimum Gasteiger partial charge on any atom is -0.411 e. The lowest BCUT2D eigenvalue weighted by Gasteiger charge is -2.06. The van der Waals surface area contributed by atoms with Gasteiger partial charge in [0.2, 0.25) is 5.89 Å². The average Bonchev–Trinajstić information content (AvgIpc) is 3.45. The van der Waals surface area contributed by atoms with Crippen molar-refractivity contribution in [3.8, 4) is 22.0 Å². The Hall–Kier alpha value is -2.96. The van der Waals surface area contributed by atoms with Crippen molar-refractivity contribution >= 4 is 34.0 Å². The number of para-hydroxylation sites is 1. The van der Waals surface area contributed by atoms with E-state index < -0.39 is 0 Å². The summed E-state index contributed by atoms with van der Waals surface area (Å²) in [7, 11) is 0. The fraction of sp³-hybridized carbons (Fsp3) is 0.0870. The van der Waals surface area contributed by atoms with Crippen LogP contribution >= 0.6 is 23.1 Å². The van der Waals surface area contributed by atoms with E-state index in [1.807, 2.05) is 36.4 Å². The Morgan fingerprint density at radius 1 is 0.966 bits per heavy atom. The molecule has 0 bridgehead atoms. The summed E-state index contributed by atoms with van der Waals surface area (Å²) in [5.74, 6) is 1.31. The monoisotopic (exact) mass is 415 g/mol. The van der Waals surface area contributed by atoms with Gasteiger partial charge < -0.3 is 4.42 Å². The second kappa shape index (κ2) is 7.81. The third-order valence-corrected chi connectivity index (χ3v) is 6.39. The van der Waals surface area contributed by atoms with Crippen molar-refractivity contribution in [3.05, 3.63) is 83.2 Å². The van der Waals surface area contributed by atoms with E-state index in [2.05, 4.69) is 52.8 Å². The van der Waals surface area contributed by atoms with Gasteiger partial charge >= 0.3 is 0 Å². The highest BCUT2D eigenvalue weighted by molar-refractivity contribution is 7.98. The first-order valence-electron chi connectivity index (χ1n) is 9.22. The Morgan fingerprint density at radius 2 is 1.83 bits per heavy atom. The van der Waals surface area contributed by atoms with Crippen LogP contribution in [-0.2, 0) is 5.75 Å². The van der Waals surface area contributed by atoms with Gasteiger partial charge in [0.25, 0.3) is 5.22 Å². The van der Waals surface area contributed by atoms with Gasteiger partial charge in [-0.3, -0.25) is 0 Å². The summed E-state index contributed by atoms with van der Waals surface area (Å²) in [6, 6.07) is 22.7. The van der Waals surface area contributed by atoms with E-state index in [1.54, 1.807) is 23.1 Å². The second-order valence-corrected chi connectivity index (χ2v) is 8.57. The molecular formula is C23H17N3OS2. The Bertz CT molecular complexity index is 1260. The van der Waals surface area contributed by atoms with Gasteiger partial charge in [-0.1, -0.05) is 65.9 Å². The molecule has 0 radical (unpaired) electrons. The van der Waals surface area contributed by atoms with Crippen LogP contribution in [0.2, 0.25) is 0 Å². The normalized spacial score (nSPS) is 11.2. The Morgan fingerprint density at radius 3 is 2.66 bits per heavy atom. The van der Waals surface area contributed by atoms with Crippen molar-refractivity contribution in [1.29, 1.82) is 0 Å². The van der Waals surface area contributed by atoms with Crippen LogP contribution in [0.4, 0.5) is 0 Å². The van der Waals surface area contributed by atoms with Crippen LogP contribution in [0.15, 0.2) is 81.8 Å². The number of rotatable bonds is 5. The predicted molar refractivity (Wildman–Crippen MR) is 119 cm³/mol. The standard InChI is InChI=1S/C23H17N3OS2/c1-15-8-10-16(11-9-15)14-29-23-26-25-22(27-23)18-13-20(21-7-4-12-28-21)24-19-6-3-2-5-17(18)19/h2-13H,14H2,1H3. The number of pyridine rings is 1. The van der Waals surface area contributed by atoms with Gasteiger partial charge in [-0.15, -0.1) is 21.5 Å². The summed E-state index contributed by atoms with van der Waals surface area (Å²) in [5.41, 5.74) is 5.23. The largest absolute Gasteiger partial charge is 0.411 e. The molecule has 5 aromatic rings. The molecule has 5 rings (SSSR count). The molecule has 0 fully saturated rings. The molecule has 0 aliphatic heterocycles. The van der Waals surface area contributed by atoms with Crippen molar-refractivity contribution in [2.75, 3.05) is 0 Å². The van der Waals surface area contributed by atoms with Gasteiger partial charge in [-0.2, -0.15) is 0 Å². The third-order valence-electron chi connectivity index (χ3n) is 4.61. The highest BCUT2D eigenvalue weighted by Gasteiger charge is 2.15. The molecule has 0 aliphatic carbocycles. The van der Waals surface area contributed by atoms with Crippen molar-refractivity contribution < 1.29 is 4.42 Å². The summed E-state index contributed by atoms with van der Waals surface area (Å²) in [4.78, 5) is 5.93. The molecular weight excluding hydrogens is 398 g/mol. The maximum absolute atomic E-state index is 6.01. The highest BCUT2D eigenvalue weighted by Crippen LogP contribution is 2.34. The van der Waals surface area contributed by atoms with E-state index in [0.717, 1.165) is 32.8 Å². The lowest BCUT2D eigenvalue weighted by Crippen LogP contribution is -1.88. The molecule has 0 atom stereocenters. The molecule has 4 nitrogen and oxygen atoms in total. The smallest absolute Gasteiger partial charge is 0.277 e. The van der Waals surface area contributed by atoms with Crippen LogP contribution in [0.1, 0.15) is 11.1 Å². The number of hydrogen-bond donors (Lipinski definition) is 0. The van der Waals surface area contributed by atoms with Crippen LogP contribution in [0.5, 0.6) is 0 Å². The Kier molecular flexibility index (Phi) is 4.87. The van der Waals surface area contributed by atoms with E-state index in [-0.39, 0.29) is 0 Å². The zero-order valence-electron chi connectivity index (χ0n) is 15.7. The van der Waals surface area contributed by atoms with Crippen LogP contribution in [-0.4, -0.2) is 15.2 Å². The van der Waals surface area contributed by atoms with Gasteiger partial charge in [0.1, 0.15) is 0 Å². The molecule has 142 valence electrons. The molecule has 0 unspecified atom stereocenters. The summed E-state index contributed by atoms with van der Waals surface area (Å²) in [5, 5.41) is 12.2. The number of thiophene rings is 1. The lowest BCUT2D eigenvalue weighted by atomic mass is 10.1. The van der Waals surface area contributed by atoms with Crippen LogP contribution < -0.4 is 0 Å². The SMILES string of the molecule is Cc1ccc(CSc2nnc(-c3cc(-c4cccs4)nc4ccccc34)o2)cc1. The maximum Gasteiger partial charge on any atom is 0.277 e. The molecule has 0 amide bonds. The van der Waals surface area contributed by atoms with Gasteiger partial charge in [0.05, 0.1) is 21.7 Å². The van der Waals surface area contributed by atoms with Crippen molar-refractivity contribution in [1.82, 2.24) is 15.2 Å². The highest BCUT2D eigenvalue weighted by atomic mass is 32.2. The van der Waals surface area contributed by atoms with E-state index in [1.165, 1.54) is 11.1 Å². The van der Waals surface area contributed by atoms with Crippen molar-refractivity contribution in [3.63, 3.8) is 0 Å². The zero-order valence-corrected chi connectivity index (χ0v) is 17.3. The molecule has 3 aromatic heterocycles. The second-order valence-electron chi connectivity index (χ2n) is 6.70. The molecule has 0 spiro atoms. The number of benzene rings is 2. The molecule has 0 saturated heterocycles. The van der Waals surface area contributed by atoms with E-state index in [9.17, 15) is 0 Å². The third kappa shape index (κ3) is 3.81. The molecule has 29 heavy (non-hydrogen) atoms. The first-order valence-corrected chi connectivity index (χ1v) is 11.1. The number of fused-ring (bicyclic) bond motifs is 1. The number of thioether (sulfide) groups is 1. The number of nitrogens with zero attached hydrogens (tertiary/aromatic N) is 3. The maximum atomic E-state index is 6.01. The van der Waals surface area contributed by atoms with Gasteiger partial charge in [-0.05, 0) is 36.1 Å². The molecule has 2 aromatic carbocycles. The molecule has 6 heteroatoms. The molecule has 0 saturated carbocycles. The molecule has 3 heterocycles. The average molecular weight is 416 g/mol. The zero-order chi connectivity index (χ0) is 19.6. The Balaban J connectivity index is 1.48. The van der Waals surface area contributed by atoms with Crippen molar-refractivity contribution in [2.45, 2.75) is 17.9 Å². The lowest BCUT2D eigenvalue weighted by molar-refractivity contribution is 0.466. The minimum absolute atomic E-state index is 0.521. The molecule has 0 N–H and O–H groups in total. The summed E-state index contributed by atoms with van der Waals surface area (Å²) in [6.45, 7) is 2.09. The first kappa shape index (κ1) is 18.1. The fourth-order valence-corrected chi connectivity index (χ4v) is 4.51. The van der Waals surface area contributed by atoms with E-state index in [4.69, 9.17) is 9.40 Å². The summed E-state index contributed by atoms with van der Waals surface area (Å²) < 4.78 is 6.01. The number of aromatic nitrogens is 3. The van der Waals surface area contributed by atoms with Crippen LogP contribution in [0.3, 0.4) is 0 Å². The fourth-order valence-electron chi connectivity index (χ4n) is 3.11. The van der Waals surface area contributed by atoms with Crippen molar-refractivity contribution in [2.24, 2.45) is 0 Å². The van der Waals surface area contributed by atoms with Crippen LogP contribution in [0, 0.1) is 6.92 Å². The summed E-state index contributed by atoms with van der Waals surface area (Å²) in [6.07, 6.45) is 0. The summed E-state index contributed by atoms with van der Waals surface area (Å²) >= 11 is 3.22. The van der Waals surface area contributed by atoms with Gasteiger partial charge in [-0.25, -0.2) is 4.98 Å². The van der Waals surface area contributed by atoms with Gasteiger partial charge in [0.15, 0.2) is 0 Å². The van der Waals surface area contributed by atoms with Crippen LogP contribution in [0.25, 0.3) is 32.9 Å². The quantitative estimate of drug-likeness (QED) is 0.302. The Labute approximate surface area is 176 Å². The first-order chi connectivity index (χ1) is 14.3. The number of aryl methyl sites for hydroxylation is 1. The molecule has 0 aliphatic rings.